The third-order valence-electron chi connectivity index (χ3n) is 4.47. The molecule has 1 nitrogen and oxygen atoms in total. The van der Waals surface area contributed by atoms with Crippen molar-refractivity contribution >= 4 is 0 Å². The first-order valence-corrected chi connectivity index (χ1v) is 6.67. The summed E-state index contributed by atoms with van der Waals surface area (Å²) < 4.78 is 0. The molecule has 2 rings (SSSR count). The molecule has 1 aromatic carbocycles. The van der Waals surface area contributed by atoms with Crippen molar-refractivity contribution in [2.75, 3.05) is 7.05 Å². The van der Waals surface area contributed by atoms with Crippen LogP contribution in [0.25, 0.3) is 0 Å². The Morgan fingerprint density at radius 1 is 1.29 bits per heavy atom. The molecule has 1 aromatic rings. The van der Waals surface area contributed by atoms with Gasteiger partial charge in [0, 0.05) is 6.04 Å². The van der Waals surface area contributed by atoms with Crippen LogP contribution >= 0.6 is 0 Å². The summed E-state index contributed by atoms with van der Waals surface area (Å²) in [6.07, 6.45) is 2.52. The third-order valence-corrected chi connectivity index (χ3v) is 4.47. The normalized spacial score (nSPS) is 23.5. The zero-order valence-corrected chi connectivity index (χ0v) is 11.8. The van der Waals surface area contributed by atoms with Crippen molar-refractivity contribution in [2.24, 2.45) is 11.3 Å². The Morgan fingerprint density at radius 2 is 1.94 bits per heavy atom. The fraction of sp³-hybridized carbons (Fsp3) is 0.625. The van der Waals surface area contributed by atoms with E-state index in [1.54, 1.807) is 0 Å². The summed E-state index contributed by atoms with van der Waals surface area (Å²) in [4.78, 5) is 0. The van der Waals surface area contributed by atoms with Crippen LogP contribution in [0, 0.1) is 25.2 Å². The fourth-order valence-electron chi connectivity index (χ4n) is 2.82. The molecule has 0 aromatic heterocycles. The quantitative estimate of drug-likeness (QED) is 0.836. The summed E-state index contributed by atoms with van der Waals surface area (Å²) >= 11 is 0. The van der Waals surface area contributed by atoms with Crippen LogP contribution in [0.1, 0.15) is 37.0 Å². The maximum absolute atomic E-state index is 3.50. The van der Waals surface area contributed by atoms with Gasteiger partial charge in [0.1, 0.15) is 0 Å². The van der Waals surface area contributed by atoms with Gasteiger partial charge in [0.25, 0.3) is 0 Å². The molecule has 0 radical (unpaired) electrons. The molecule has 1 heteroatoms. The van der Waals surface area contributed by atoms with Crippen LogP contribution in [0.2, 0.25) is 0 Å². The monoisotopic (exact) mass is 231 g/mol. The number of hydrogen-bond acceptors (Lipinski definition) is 1. The van der Waals surface area contributed by atoms with Gasteiger partial charge in [-0.1, -0.05) is 32.0 Å². The van der Waals surface area contributed by atoms with Crippen molar-refractivity contribution in [3.8, 4) is 0 Å². The molecule has 94 valence electrons. The molecule has 17 heavy (non-hydrogen) atoms. The molecular weight excluding hydrogens is 206 g/mol. The first-order chi connectivity index (χ1) is 7.94. The summed E-state index contributed by atoms with van der Waals surface area (Å²) in [6.45, 7) is 9.14. The van der Waals surface area contributed by atoms with Crippen molar-refractivity contribution in [3.05, 3.63) is 34.9 Å². The van der Waals surface area contributed by atoms with Gasteiger partial charge in [-0.25, -0.2) is 0 Å². The van der Waals surface area contributed by atoms with E-state index >= 15 is 0 Å². The molecule has 1 aliphatic carbocycles. The first-order valence-electron chi connectivity index (χ1n) is 6.67. The lowest BCUT2D eigenvalue weighted by molar-refractivity contribution is 0.426. The van der Waals surface area contributed by atoms with Gasteiger partial charge in [0.15, 0.2) is 0 Å². The second-order valence-electron chi connectivity index (χ2n) is 6.32. The number of likely N-dealkylation sites (N-methyl/N-ethyl adjacent to an activating group) is 1. The number of rotatable bonds is 4. The number of benzene rings is 1. The molecule has 2 atom stereocenters. The Balaban J connectivity index is 2.06. The highest BCUT2D eigenvalue weighted by molar-refractivity contribution is 5.30. The Labute approximate surface area is 106 Å². The SMILES string of the molecule is CNC(Cc1ccc(C)c(C)c1)C1CC1(C)C. The van der Waals surface area contributed by atoms with Gasteiger partial charge in [-0.15, -0.1) is 0 Å². The predicted molar refractivity (Wildman–Crippen MR) is 74.4 cm³/mol. The van der Waals surface area contributed by atoms with Crippen molar-refractivity contribution in [3.63, 3.8) is 0 Å². The van der Waals surface area contributed by atoms with E-state index in [1.165, 1.54) is 23.1 Å². The van der Waals surface area contributed by atoms with E-state index in [0.29, 0.717) is 11.5 Å². The molecule has 0 amide bonds. The Bertz CT molecular complexity index is 406. The average molecular weight is 231 g/mol. The molecule has 0 aliphatic heterocycles. The molecule has 1 aliphatic rings. The predicted octanol–water partition coefficient (Wildman–Crippen LogP) is 3.48. The largest absolute Gasteiger partial charge is 0.316 e. The van der Waals surface area contributed by atoms with E-state index in [-0.39, 0.29) is 0 Å². The molecular formula is C16H25N. The van der Waals surface area contributed by atoms with E-state index in [1.807, 2.05) is 0 Å². The van der Waals surface area contributed by atoms with E-state index < -0.39 is 0 Å². The van der Waals surface area contributed by atoms with Gasteiger partial charge in [-0.05, 0) is 61.8 Å². The zero-order chi connectivity index (χ0) is 12.6. The molecule has 0 bridgehead atoms. The van der Waals surface area contributed by atoms with E-state index in [4.69, 9.17) is 0 Å². The first kappa shape index (κ1) is 12.6. The summed E-state index contributed by atoms with van der Waals surface area (Å²) in [7, 11) is 2.10. The maximum Gasteiger partial charge on any atom is 0.0138 e. The van der Waals surface area contributed by atoms with Crippen LogP contribution in [0.3, 0.4) is 0 Å². The minimum Gasteiger partial charge on any atom is -0.316 e. The van der Waals surface area contributed by atoms with Crippen LogP contribution in [0.5, 0.6) is 0 Å². The minimum absolute atomic E-state index is 0.549. The number of aryl methyl sites for hydroxylation is 2. The lowest BCUT2D eigenvalue weighted by atomic mass is 9.95. The van der Waals surface area contributed by atoms with Crippen LogP contribution in [-0.2, 0) is 6.42 Å². The molecule has 1 N–H and O–H groups in total. The van der Waals surface area contributed by atoms with Gasteiger partial charge in [-0.3, -0.25) is 0 Å². The summed E-state index contributed by atoms with van der Waals surface area (Å²) in [6, 6.07) is 7.50. The highest BCUT2D eigenvalue weighted by atomic mass is 14.9. The van der Waals surface area contributed by atoms with Gasteiger partial charge in [0.05, 0.1) is 0 Å². The minimum atomic E-state index is 0.549. The molecule has 0 spiro atoms. The van der Waals surface area contributed by atoms with E-state index in [9.17, 15) is 0 Å². The number of hydrogen-bond donors (Lipinski definition) is 1. The summed E-state index contributed by atoms with van der Waals surface area (Å²) in [5, 5.41) is 3.50. The van der Waals surface area contributed by atoms with Crippen LogP contribution in [0.4, 0.5) is 0 Å². The molecule has 1 saturated carbocycles. The van der Waals surface area contributed by atoms with Crippen LogP contribution < -0.4 is 5.32 Å². The van der Waals surface area contributed by atoms with Gasteiger partial charge < -0.3 is 5.32 Å². The Morgan fingerprint density at radius 3 is 2.41 bits per heavy atom. The highest BCUT2D eigenvalue weighted by Crippen LogP contribution is 2.53. The number of nitrogens with one attached hydrogen (secondary N) is 1. The van der Waals surface area contributed by atoms with Gasteiger partial charge in [-0.2, -0.15) is 0 Å². The Hall–Kier alpha value is -0.820. The van der Waals surface area contributed by atoms with Crippen LogP contribution in [-0.4, -0.2) is 13.1 Å². The van der Waals surface area contributed by atoms with Crippen molar-refractivity contribution in [2.45, 2.75) is 46.6 Å². The smallest absolute Gasteiger partial charge is 0.0138 e. The molecule has 2 unspecified atom stereocenters. The van der Waals surface area contributed by atoms with Crippen molar-refractivity contribution in [1.82, 2.24) is 5.32 Å². The van der Waals surface area contributed by atoms with E-state index in [0.717, 1.165) is 12.3 Å². The molecule has 0 heterocycles. The second-order valence-corrected chi connectivity index (χ2v) is 6.32. The van der Waals surface area contributed by atoms with Gasteiger partial charge in [0.2, 0.25) is 0 Å². The second kappa shape index (κ2) is 4.45. The summed E-state index contributed by atoms with van der Waals surface area (Å²) in [5.74, 6) is 0.842. The maximum atomic E-state index is 3.50. The van der Waals surface area contributed by atoms with E-state index in [2.05, 4.69) is 58.3 Å². The van der Waals surface area contributed by atoms with Crippen LogP contribution in [0.15, 0.2) is 18.2 Å². The lowest BCUT2D eigenvalue weighted by Gasteiger charge is -2.18. The van der Waals surface area contributed by atoms with Gasteiger partial charge >= 0.3 is 0 Å². The Kier molecular flexibility index (Phi) is 3.31. The fourth-order valence-corrected chi connectivity index (χ4v) is 2.82. The van der Waals surface area contributed by atoms with Crippen molar-refractivity contribution < 1.29 is 0 Å². The molecule has 1 fully saturated rings. The highest BCUT2D eigenvalue weighted by Gasteiger charge is 2.49. The summed E-state index contributed by atoms with van der Waals surface area (Å²) in [5.41, 5.74) is 4.82. The average Bonchev–Trinajstić information content (AvgIpc) is 2.89. The third kappa shape index (κ3) is 2.71. The molecule has 0 saturated heterocycles. The lowest BCUT2D eigenvalue weighted by Crippen LogP contribution is -2.31. The zero-order valence-electron chi connectivity index (χ0n) is 11.8. The van der Waals surface area contributed by atoms with Crippen molar-refractivity contribution in [1.29, 1.82) is 0 Å². The standard InChI is InChI=1S/C16H25N/c1-11-6-7-13(8-12(11)2)9-15(17-5)14-10-16(14,3)4/h6-8,14-15,17H,9-10H2,1-5H3. The topological polar surface area (TPSA) is 12.0 Å².